The van der Waals surface area contributed by atoms with Gasteiger partial charge in [-0.2, -0.15) is 0 Å². The number of rotatable bonds is 6. The summed E-state index contributed by atoms with van der Waals surface area (Å²) in [6, 6.07) is 2.63. The Bertz CT molecular complexity index is 439. The molecule has 0 aliphatic heterocycles. The number of carbonyl (C=O) groups excluding carboxylic acids is 1. The van der Waals surface area contributed by atoms with Gasteiger partial charge in [0, 0.05) is 13.1 Å². The second-order valence-corrected chi connectivity index (χ2v) is 3.56. The van der Waals surface area contributed by atoms with Crippen LogP contribution < -0.4 is 5.32 Å². The zero-order valence-corrected chi connectivity index (χ0v) is 10.2. The van der Waals surface area contributed by atoms with Crippen LogP contribution in [-0.4, -0.2) is 35.1 Å². The van der Waals surface area contributed by atoms with Gasteiger partial charge in [0.25, 0.3) is 0 Å². The van der Waals surface area contributed by atoms with Gasteiger partial charge in [-0.25, -0.2) is 9.59 Å². The first kappa shape index (κ1) is 13.8. The van der Waals surface area contributed by atoms with Crippen molar-refractivity contribution in [2.45, 2.75) is 13.5 Å². The minimum Gasteiger partial charge on any atom is -0.475 e. The molecule has 6 nitrogen and oxygen atoms in total. The number of nitrogens with one attached hydrogen (secondary N) is 1. The molecule has 0 fully saturated rings. The molecule has 2 amide bonds. The van der Waals surface area contributed by atoms with Gasteiger partial charge in [-0.1, -0.05) is 6.08 Å². The molecule has 0 spiro atoms. The number of amides is 2. The molecule has 1 heterocycles. The minimum atomic E-state index is -1.13. The van der Waals surface area contributed by atoms with Crippen molar-refractivity contribution in [3.63, 3.8) is 0 Å². The first-order chi connectivity index (χ1) is 8.58. The molecule has 98 valence electrons. The van der Waals surface area contributed by atoms with Gasteiger partial charge in [0.1, 0.15) is 5.76 Å². The van der Waals surface area contributed by atoms with E-state index in [2.05, 4.69) is 11.9 Å². The summed E-state index contributed by atoms with van der Waals surface area (Å²) in [6.45, 7) is 6.60. The van der Waals surface area contributed by atoms with Gasteiger partial charge >= 0.3 is 12.0 Å². The highest BCUT2D eigenvalue weighted by molar-refractivity contribution is 5.84. The smallest absolute Gasteiger partial charge is 0.371 e. The molecule has 1 rings (SSSR count). The molecule has 0 saturated heterocycles. The SMILES string of the molecule is C=CCN(CC)C(=O)NCc1ccc(C(=O)O)o1. The molecule has 2 N–H and O–H groups in total. The molecular weight excluding hydrogens is 236 g/mol. The number of carboxylic acid groups (broad SMARTS) is 1. The van der Waals surface area contributed by atoms with Gasteiger partial charge in [-0.3, -0.25) is 0 Å². The molecule has 0 aliphatic carbocycles. The summed E-state index contributed by atoms with van der Waals surface area (Å²) in [6.07, 6.45) is 1.64. The molecule has 0 bridgehead atoms. The summed E-state index contributed by atoms with van der Waals surface area (Å²) >= 11 is 0. The van der Waals surface area contributed by atoms with Crippen LogP contribution in [0.2, 0.25) is 0 Å². The Morgan fingerprint density at radius 3 is 2.78 bits per heavy atom. The van der Waals surface area contributed by atoms with Crippen LogP contribution in [0.25, 0.3) is 0 Å². The molecule has 0 saturated carbocycles. The number of carboxylic acids is 1. The first-order valence-electron chi connectivity index (χ1n) is 5.54. The lowest BCUT2D eigenvalue weighted by Crippen LogP contribution is -2.39. The predicted molar refractivity (Wildman–Crippen MR) is 65.3 cm³/mol. The van der Waals surface area contributed by atoms with Gasteiger partial charge in [0.2, 0.25) is 5.76 Å². The summed E-state index contributed by atoms with van der Waals surface area (Å²) < 4.78 is 5.02. The monoisotopic (exact) mass is 252 g/mol. The molecule has 1 aromatic heterocycles. The van der Waals surface area contributed by atoms with Gasteiger partial charge in [-0.05, 0) is 19.1 Å². The van der Waals surface area contributed by atoms with Crippen LogP contribution in [0.15, 0.2) is 29.2 Å². The third-order valence-corrected chi connectivity index (χ3v) is 2.30. The third-order valence-electron chi connectivity index (χ3n) is 2.30. The molecule has 0 aliphatic rings. The number of urea groups is 1. The van der Waals surface area contributed by atoms with Crippen molar-refractivity contribution in [3.8, 4) is 0 Å². The molecule has 0 aromatic carbocycles. The van der Waals surface area contributed by atoms with E-state index in [0.717, 1.165) is 0 Å². The van der Waals surface area contributed by atoms with E-state index in [-0.39, 0.29) is 18.3 Å². The summed E-state index contributed by atoms with van der Waals surface area (Å²) in [5.74, 6) is -0.873. The Kier molecular flexibility index (Phi) is 4.98. The largest absolute Gasteiger partial charge is 0.475 e. The maximum atomic E-state index is 11.7. The predicted octanol–water partition coefficient (Wildman–Crippen LogP) is 1.70. The molecule has 0 unspecified atom stereocenters. The second kappa shape index (κ2) is 6.48. The van der Waals surface area contributed by atoms with Crippen LogP contribution in [0.5, 0.6) is 0 Å². The van der Waals surface area contributed by atoms with Crippen LogP contribution in [0.1, 0.15) is 23.2 Å². The highest BCUT2D eigenvalue weighted by atomic mass is 16.4. The summed E-state index contributed by atoms with van der Waals surface area (Å²) in [7, 11) is 0. The van der Waals surface area contributed by atoms with Crippen molar-refractivity contribution in [2.24, 2.45) is 0 Å². The van der Waals surface area contributed by atoms with Crippen LogP contribution >= 0.6 is 0 Å². The van der Waals surface area contributed by atoms with Crippen LogP contribution in [0, 0.1) is 0 Å². The van der Waals surface area contributed by atoms with Crippen LogP contribution in [-0.2, 0) is 6.54 Å². The highest BCUT2D eigenvalue weighted by Crippen LogP contribution is 2.07. The third kappa shape index (κ3) is 3.65. The van der Waals surface area contributed by atoms with E-state index in [4.69, 9.17) is 9.52 Å². The molecule has 18 heavy (non-hydrogen) atoms. The Morgan fingerprint density at radius 2 is 2.28 bits per heavy atom. The number of carbonyl (C=O) groups is 2. The molecule has 0 atom stereocenters. The maximum absolute atomic E-state index is 11.7. The van der Waals surface area contributed by atoms with E-state index in [9.17, 15) is 9.59 Å². The summed E-state index contributed by atoms with van der Waals surface area (Å²) in [5, 5.41) is 11.3. The zero-order chi connectivity index (χ0) is 13.5. The van der Waals surface area contributed by atoms with Crippen molar-refractivity contribution < 1.29 is 19.1 Å². The number of nitrogens with zero attached hydrogens (tertiary/aromatic N) is 1. The lowest BCUT2D eigenvalue weighted by atomic mass is 10.4. The average Bonchev–Trinajstić information content (AvgIpc) is 2.82. The Labute approximate surface area is 105 Å². The van der Waals surface area contributed by atoms with Crippen molar-refractivity contribution in [3.05, 3.63) is 36.3 Å². The second-order valence-electron chi connectivity index (χ2n) is 3.56. The standard InChI is InChI=1S/C12H16N2O4/c1-3-7-14(4-2)12(17)13-8-9-5-6-10(18-9)11(15)16/h3,5-6H,1,4,7-8H2,2H3,(H,13,17)(H,15,16). The van der Waals surface area contributed by atoms with Gasteiger partial charge in [0.15, 0.2) is 0 Å². The van der Waals surface area contributed by atoms with Crippen LogP contribution in [0.3, 0.4) is 0 Å². The van der Waals surface area contributed by atoms with E-state index < -0.39 is 5.97 Å². The Balaban J connectivity index is 2.50. The van der Waals surface area contributed by atoms with Gasteiger partial charge in [-0.15, -0.1) is 6.58 Å². The quantitative estimate of drug-likeness (QED) is 0.755. The minimum absolute atomic E-state index is 0.141. The number of aromatic carboxylic acids is 1. The molecule has 1 aromatic rings. The number of hydrogen-bond acceptors (Lipinski definition) is 3. The number of furan rings is 1. The van der Waals surface area contributed by atoms with E-state index in [1.54, 1.807) is 11.0 Å². The Hall–Kier alpha value is -2.24. The maximum Gasteiger partial charge on any atom is 0.371 e. The first-order valence-corrected chi connectivity index (χ1v) is 5.54. The van der Waals surface area contributed by atoms with Crippen molar-refractivity contribution >= 4 is 12.0 Å². The lowest BCUT2D eigenvalue weighted by molar-refractivity contribution is 0.0660. The Morgan fingerprint density at radius 1 is 1.56 bits per heavy atom. The van der Waals surface area contributed by atoms with Crippen molar-refractivity contribution in [1.82, 2.24) is 10.2 Å². The summed E-state index contributed by atoms with van der Waals surface area (Å²) in [4.78, 5) is 23.8. The van der Waals surface area contributed by atoms with Gasteiger partial charge < -0.3 is 19.7 Å². The number of likely N-dealkylation sites (N-methyl/N-ethyl adjacent to an activating group) is 1. The van der Waals surface area contributed by atoms with Crippen molar-refractivity contribution in [1.29, 1.82) is 0 Å². The van der Waals surface area contributed by atoms with E-state index in [1.807, 2.05) is 6.92 Å². The fourth-order valence-electron chi connectivity index (χ4n) is 1.37. The topological polar surface area (TPSA) is 82.8 Å². The molecular formula is C12H16N2O4. The highest BCUT2D eigenvalue weighted by Gasteiger charge is 2.12. The molecule has 0 radical (unpaired) electrons. The summed E-state index contributed by atoms with van der Waals surface area (Å²) in [5.41, 5.74) is 0. The number of hydrogen-bond donors (Lipinski definition) is 2. The lowest BCUT2D eigenvalue weighted by Gasteiger charge is -2.18. The zero-order valence-electron chi connectivity index (χ0n) is 10.2. The fourth-order valence-corrected chi connectivity index (χ4v) is 1.37. The molecule has 6 heteroatoms. The normalized spacial score (nSPS) is 9.83. The van der Waals surface area contributed by atoms with E-state index in [1.165, 1.54) is 12.1 Å². The van der Waals surface area contributed by atoms with E-state index in [0.29, 0.717) is 18.8 Å². The van der Waals surface area contributed by atoms with Crippen molar-refractivity contribution in [2.75, 3.05) is 13.1 Å². The van der Waals surface area contributed by atoms with Gasteiger partial charge in [0.05, 0.1) is 6.54 Å². The van der Waals surface area contributed by atoms with E-state index >= 15 is 0 Å². The van der Waals surface area contributed by atoms with Crippen LogP contribution in [0.4, 0.5) is 4.79 Å². The average molecular weight is 252 g/mol. The fraction of sp³-hybridized carbons (Fsp3) is 0.333.